The summed E-state index contributed by atoms with van der Waals surface area (Å²) in [5.41, 5.74) is -0.514. The minimum atomic E-state index is -0.604. The first-order valence-corrected chi connectivity index (χ1v) is 2.66. The van der Waals surface area contributed by atoms with Gasteiger partial charge in [-0.1, -0.05) is 13.8 Å². The lowest BCUT2D eigenvalue weighted by Crippen LogP contribution is -2.06. The molecular formula is C6H11O. The van der Waals surface area contributed by atoms with Gasteiger partial charge in [0.15, 0.2) is 0 Å². The molecule has 0 aromatic rings. The predicted octanol–water partition coefficient (Wildman–Crippen LogP) is 1.61. The summed E-state index contributed by atoms with van der Waals surface area (Å²) in [4.78, 5) is 0. The molecule has 1 radical (unpaired) electrons. The van der Waals surface area contributed by atoms with Gasteiger partial charge in [-0.3, -0.25) is 0 Å². The fourth-order valence-electron chi connectivity index (χ4n) is 0.799. The zero-order chi connectivity index (χ0) is 5.71. The summed E-state index contributed by atoms with van der Waals surface area (Å²) in [5, 5.41) is 10.9. The van der Waals surface area contributed by atoms with Gasteiger partial charge in [0.1, 0.15) is 5.60 Å². The molecule has 0 heterocycles. The Hall–Kier alpha value is -0.0400. The summed E-state index contributed by atoms with van der Waals surface area (Å²) in [6.07, 6.45) is 0.847. The predicted molar refractivity (Wildman–Crippen MR) is 27.5 cm³/mol. The maximum absolute atomic E-state index is 10.9. The molecule has 0 aromatic heterocycles. The van der Waals surface area contributed by atoms with E-state index in [1.807, 2.05) is 13.8 Å². The highest BCUT2D eigenvalue weighted by Gasteiger charge is 2.58. The Labute approximate surface area is 44.4 Å². The Bertz CT molecular complexity index is 80.4. The van der Waals surface area contributed by atoms with Crippen LogP contribution in [0.1, 0.15) is 27.2 Å². The summed E-state index contributed by atoms with van der Waals surface area (Å²) >= 11 is 0. The molecule has 0 aromatic carbocycles. The molecule has 1 atom stereocenters. The molecule has 1 aliphatic carbocycles. The van der Waals surface area contributed by atoms with Crippen molar-refractivity contribution in [1.82, 2.24) is 0 Å². The summed E-state index contributed by atoms with van der Waals surface area (Å²) in [7, 11) is 0. The van der Waals surface area contributed by atoms with Gasteiger partial charge >= 0.3 is 0 Å². The Morgan fingerprint density at radius 1 is 1.29 bits per heavy atom. The molecule has 0 amide bonds. The molecule has 0 N–H and O–H groups in total. The van der Waals surface area contributed by atoms with Gasteiger partial charge < -0.3 is 0 Å². The van der Waals surface area contributed by atoms with Crippen LogP contribution in [-0.2, 0) is 5.11 Å². The second kappa shape index (κ2) is 0.873. The molecule has 1 rings (SSSR count). The first kappa shape index (κ1) is 5.10. The third kappa shape index (κ3) is 0.556. The van der Waals surface area contributed by atoms with Gasteiger partial charge in [0, 0.05) is 0 Å². The van der Waals surface area contributed by atoms with Gasteiger partial charge in [0.25, 0.3) is 0 Å². The van der Waals surface area contributed by atoms with Crippen LogP contribution in [0.2, 0.25) is 0 Å². The second-order valence-corrected chi connectivity index (χ2v) is 3.29. The summed E-state index contributed by atoms with van der Waals surface area (Å²) < 4.78 is 0. The van der Waals surface area contributed by atoms with Gasteiger partial charge in [-0.25, -0.2) is 5.11 Å². The number of hydrogen-bond acceptors (Lipinski definition) is 0. The lowest BCUT2D eigenvalue weighted by molar-refractivity contribution is 0.0488. The maximum Gasteiger partial charge on any atom is 0.107 e. The van der Waals surface area contributed by atoms with Gasteiger partial charge in [-0.05, 0) is 18.8 Å². The minimum Gasteiger partial charge on any atom is -0.229 e. The van der Waals surface area contributed by atoms with Crippen molar-refractivity contribution in [2.75, 3.05) is 0 Å². The van der Waals surface area contributed by atoms with Crippen molar-refractivity contribution in [3.05, 3.63) is 0 Å². The first-order chi connectivity index (χ1) is 2.96. The highest BCUT2D eigenvalue weighted by atomic mass is 16.3. The monoisotopic (exact) mass is 99.1 g/mol. The zero-order valence-electron chi connectivity index (χ0n) is 5.12. The molecule has 0 saturated heterocycles. The van der Waals surface area contributed by atoms with Crippen LogP contribution in [0.4, 0.5) is 0 Å². The van der Waals surface area contributed by atoms with Crippen molar-refractivity contribution in [3.63, 3.8) is 0 Å². The number of rotatable bonds is 0. The van der Waals surface area contributed by atoms with Crippen molar-refractivity contribution < 1.29 is 5.11 Å². The van der Waals surface area contributed by atoms with Crippen LogP contribution in [-0.4, -0.2) is 5.60 Å². The molecule has 1 aliphatic rings. The van der Waals surface area contributed by atoms with E-state index in [-0.39, 0.29) is 5.41 Å². The minimum absolute atomic E-state index is 0.0903. The Kier molecular flexibility index (Phi) is 0.636. The van der Waals surface area contributed by atoms with Crippen LogP contribution in [0.25, 0.3) is 0 Å². The molecule has 0 spiro atoms. The molecular weight excluding hydrogens is 88.1 g/mol. The van der Waals surface area contributed by atoms with Crippen molar-refractivity contribution in [1.29, 1.82) is 0 Å². The topological polar surface area (TPSA) is 19.9 Å². The summed E-state index contributed by atoms with van der Waals surface area (Å²) in [6, 6.07) is 0. The van der Waals surface area contributed by atoms with Gasteiger partial charge in [0.05, 0.1) is 0 Å². The van der Waals surface area contributed by atoms with E-state index >= 15 is 0 Å². The molecule has 1 nitrogen and oxygen atoms in total. The lowest BCUT2D eigenvalue weighted by atomic mass is 10.1. The quantitative estimate of drug-likeness (QED) is 0.439. The van der Waals surface area contributed by atoms with E-state index in [0.717, 1.165) is 6.42 Å². The average molecular weight is 99.2 g/mol. The summed E-state index contributed by atoms with van der Waals surface area (Å²) in [6.45, 7) is 5.80. The van der Waals surface area contributed by atoms with Crippen molar-refractivity contribution in [2.24, 2.45) is 5.41 Å². The molecule has 1 unspecified atom stereocenters. The van der Waals surface area contributed by atoms with E-state index in [4.69, 9.17) is 0 Å². The third-order valence-electron chi connectivity index (χ3n) is 2.09. The normalized spacial score (nSPS) is 46.3. The molecule has 1 heteroatoms. The van der Waals surface area contributed by atoms with Crippen LogP contribution in [0.3, 0.4) is 0 Å². The molecule has 1 fully saturated rings. The van der Waals surface area contributed by atoms with Crippen LogP contribution >= 0.6 is 0 Å². The zero-order valence-corrected chi connectivity index (χ0v) is 5.12. The van der Waals surface area contributed by atoms with E-state index in [2.05, 4.69) is 0 Å². The average Bonchev–Trinajstić information content (AvgIpc) is 1.63. The van der Waals surface area contributed by atoms with E-state index in [9.17, 15) is 5.11 Å². The Morgan fingerprint density at radius 3 is 1.43 bits per heavy atom. The molecule has 1 saturated carbocycles. The van der Waals surface area contributed by atoms with Crippen LogP contribution in [0, 0.1) is 5.41 Å². The van der Waals surface area contributed by atoms with E-state index in [1.165, 1.54) is 0 Å². The van der Waals surface area contributed by atoms with E-state index < -0.39 is 5.60 Å². The molecule has 0 aliphatic heterocycles. The number of hydrogen-bond donors (Lipinski definition) is 0. The van der Waals surface area contributed by atoms with Gasteiger partial charge in [-0.15, -0.1) is 0 Å². The summed E-state index contributed by atoms with van der Waals surface area (Å²) in [5.74, 6) is 0. The van der Waals surface area contributed by atoms with E-state index in [0.29, 0.717) is 0 Å². The van der Waals surface area contributed by atoms with Crippen LogP contribution < -0.4 is 0 Å². The Balaban J connectivity index is 2.59. The highest BCUT2D eigenvalue weighted by molar-refractivity contribution is 5.07. The largest absolute Gasteiger partial charge is 0.229 e. The SMILES string of the molecule is CC1(C)CC1(C)[O]. The lowest BCUT2D eigenvalue weighted by Gasteiger charge is -2.00. The fraction of sp³-hybridized carbons (Fsp3) is 1.00. The molecule has 0 bridgehead atoms. The third-order valence-corrected chi connectivity index (χ3v) is 2.09. The van der Waals surface area contributed by atoms with Crippen LogP contribution in [0.15, 0.2) is 0 Å². The second-order valence-electron chi connectivity index (χ2n) is 3.29. The van der Waals surface area contributed by atoms with Crippen LogP contribution in [0.5, 0.6) is 0 Å². The molecule has 7 heavy (non-hydrogen) atoms. The molecule has 41 valence electrons. The highest BCUT2D eigenvalue weighted by Crippen LogP contribution is 2.55. The standard InChI is InChI=1S/C6H11O/c1-5(2)4-6(5,3)7/h4H2,1-3H3. The van der Waals surface area contributed by atoms with Crippen molar-refractivity contribution in [3.8, 4) is 0 Å². The van der Waals surface area contributed by atoms with Gasteiger partial charge in [0.2, 0.25) is 0 Å². The first-order valence-electron chi connectivity index (χ1n) is 2.66. The Morgan fingerprint density at radius 2 is 1.43 bits per heavy atom. The maximum atomic E-state index is 10.9. The van der Waals surface area contributed by atoms with E-state index in [1.54, 1.807) is 6.92 Å². The van der Waals surface area contributed by atoms with Gasteiger partial charge in [-0.2, -0.15) is 0 Å². The van der Waals surface area contributed by atoms with Crippen molar-refractivity contribution >= 4 is 0 Å². The van der Waals surface area contributed by atoms with Crippen molar-refractivity contribution in [2.45, 2.75) is 32.8 Å². The smallest absolute Gasteiger partial charge is 0.107 e. The fourth-order valence-corrected chi connectivity index (χ4v) is 0.799.